The fraction of sp³-hybridized carbons (Fsp3) is 0.800. The van der Waals surface area contributed by atoms with Crippen LogP contribution in [0.25, 0.3) is 0 Å². The number of ether oxygens (including phenoxy) is 3. The van der Waals surface area contributed by atoms with Crippen molar-refractivity contribution in [3.05, 3.63) is 0 Å². The molecule has 23 heavy (non-hydrogen) atoms. The maximum atomic E-state index is 11.7. The second kappa shape index (κ2) is 7.63. The quantitative estimate of drug-likeness (QED) is 0.449. The van der Waals surface area contributed by atoms with Gasteiger partial charge in [-0.2, -0.15) is 5.48 Å². The van der Waals surface area contributed by atoms with Gasteiger partial charge in [0.25, 0.3) is 0 Å². The Bertz CT molecular complexity index is 453. The third-order valence-electron chi connectivity index (χ3n) is 2.78. The van der Waals surface area contributed by atoms with Crippen LogP contribution in [0.2, 0.25) is 0 Å². The Morgan fingerprint density at radius 3 is 2.43 bits per heavy atom. The van der Waals surface area contributed by atoms with Gasteiger partial charge in [0.2, 0.25) is 0 Å². The molecule has 1 fully saturated rings. The van der Waals surface area contributed by atoms with E-state index in [1.807, 2.05) is 0 Å². The van der Waals surface area contributed by atoms with Gasteiger partial charge in [-0.3, -0.25) is 14.4 Å². The number of carbonyl (C=O) groups excluding carboxylic acids is 3. The van der Waals surface area contributed by atoms with Crippen LogP contribution >= 0.6 is 0 Å². The molecule has 0 aliphatic carbocycles. The summed E-state index contributed by atoms with van der Waals surface area (Å²) < 4.78 is 14.9. The second-order valence-corrected chi connectivity index (χ2v) is 7.08. The highest BCUT2D eigenvalue weighted by Gasteiger charge is 2.29. The van der Waals surface area contributed by atoms with Crippen LogP contribution in [-0.4, -0.2) is 42.4 Å². The summed E-state index contributed by atoms with van der Waals surface area (Å²) in [5.41, 5.74) is 0.609. The molecular weight excluding hydrogens is 306 g/mol. The number of cyclic esters (lactones) is 1. The smallest absolute Gasteiger partial charge is 0.431 e. The normalized spacial score (nSPS) is 18.3. The lowest BCUT2D eigenvalue weighted by molar-refractivity contribution is -0.160. The van der Waals surface area contributed by atoms with E-state index in [1.54, 1.807) is 34.6 Å². The molecular formula is C15H25NO7. The van der Waals surface area contributed by atoms with E-state index >= 15 is 0 Å². The monoisotopic (exact) mass is 331 g/mol. The summed E-state index contributed by atoms with van der Waals surface area (Å²) in [5.74, 6) is -0.880. The zero-order valence-corrected chi connectivity index (χ0v) is 14.3. The van der Waals surface area contributed by atoms with Gasteiger partial charge in [-0.1, -0.05) is 0 Å². The van der Waals surface area contributed by atoms with E-state index in [2.05, 4.69) is 5.48 Å². The van der Waals surface area contributed by atoms with E-state index < -0.39 is 23.3 Å². The second-order valence-electron chi connectivity index (χ2n) is 7.08. The zero-order chi connectivity index (χ0) is 17.7. The number of carbonyl (C=O) groups is 3. The number of nitrogens with one attached hydrogen (secondary N) is 1. The largest absolute Gasteiger partial charge is 0.465 e. The van der Waals surface area contributed by atoms with Gasteiger partial charge >= 0.3 is 18.0 Å². The Morgan fingerprint density at radius 2 is 1.91 bits per heavy atom. The van der Waals surface area contributed by atoms with Gasteiger partial charge in [-0.15, -0.1) is 0 Å². The van der Waals surface area contributed by atoms with Gasteiger partial charge in [0.1, 0.15) is 17.8 Å². The molecule has 0 unspecified atom stereocenters. The molecule has 1 aliphatic heterocycles. The highest BCUT2D eigenvalue weighted by Crippen LogP contribution is 2.19. The first kappa shape index (κ1) is 19.2. The SMILES string of the molecule is CC(C)(C)OC(=O)NOC(C)(C)COC(=O)C[C@@H]1COC(=O)C1. The highest BCUT2D eigenvalue weighted by molar-refractivity contribution is 5.75. The number of amides is 1. The molecule has 8 nitrogen and oxygen atoms in total. The van der Waals surface area contributed by atoms with Crippen molar-refractivity contribution >= 4 is 18.0 Å². The minimum absolute atomic E-state index is 0.0524. The van der Waals surface area contributed by atoms with Crippen LogP contribution in [0.4, 0.5) is 4.79 Å². The molecule has 0 spiro atoms. The Kier molecular flexibility index (Phi) is 6.37. The van der Waals surface area contributed by atoms with Crippen LogP contribution < -0.4 is 5.48 Å². The van der Waals surface area contributed by atoms with Crippen LogP contribution in [-0.2, 0) is 28.6 Å². The Labute approximate surface area is 135 Å². The van der Waals surface area contributed by atoms with Crippen molar-refractivity contribution in [1.82, 2.24) is 5.48 Å². The molecule has 0 saturated carbocycles. The number of esters is 2. The molecule has 132 valence electrons. The topological polar surface area (TPSA) is 100 Å². The van der Waals surface area contributed by atoms with Gasteiger partial charge < -0.3 is 14.2 Å². The average Bonchev–Trinajstić information content (AvgIpc) is 2.78. The van der Waals surface area contributed by atoms with E-state index in [0.717, 1.165) is 0 Å². The zero-order valence-electron chi connectivity index (χ0n) is 14.3. The molecule has 1 N–H and O–H groups in total. The molecule has 1 atom stereocenters. The first-order chi connectivity index (χ1) is 10.5. The number of hydrogen-bond acceptors (Lipinski definition) is 7. The van der Waals surface area contributed by atoms with E-state index in [9.17, 15) is 14.4 Å². The van der Waals surface area contributed by atoms with Crippen LogP contribution in [0.1, 0.15) is 47.5 Å². The number of hydroxylamine groups is 1. The van der Waals surface area contributed by atoms with Crippen LogP contribution in [0.3, 0.4) is 0 Å². The van der Waals surface area contributed by atoms with E-state index in [0.29, 0.717) is 0 Å². The Balaban J connectivity index is 2.27. The van der Waals surface area contributed by atoms with E-state index in [-0.39, 0.29) is 37.9 Å². The minimum Gasteiger partial charge on any atom is -0.465 e. The predicted octanol–water partition coefficient (Wildman–Crippen LogP) is 1.72. The summed E-state index contributed by atoms with van der Waals surface area (Å²) in [4.78, 5) is 39.4. The fourth-order valence-electron chi connectivity index (χ4n) is 1.75. The van der Waals surface area contributed by atoms with Crippen molar-refractivity contribution in [1.29, 1.82) is 0 Å². The molecule has 1 amide bonds. The van der Waals surface area contributed by atoms with Crippen molar-refractivity contribution in [2.75, 3.05) is 13.2 Å². The fourth-order valence-corrected chi connectivity index (χ4v) is 1.75. The minimum atomic E-state index is -0.922. The maximum absolute atomic E-state index is 11.7. The summed E-state index contributed by atoms with van der Waals surface area (Å²) in [6.45, 7) is 8.70. The highest BCUT2D eigenvalue weighted by atomic mass is 16.7. The number of hydrogen-bond donors (Lipinski definition) is 1. The Morgan fingerprint density at radius 1 is 1.26 bits per heavy atom. The lowest BCUT2D eigenvalue weighted by Crippen LogP contribution is -2.42. The van der Waals surface area contributed by atoms with Crippen molar-refractivity contribution in [3.63, 3.8) is 0 Å². The average molecular weight is 331 g/mol. The lowest BCUT2D eigenvalue weighted by atomic mass is 10.1. The van der Waals surface area contributed by atoms with Gasteiger partial charge in [0.15, 0.2) is 0 Å². The van der Waals surface area contributed by atoms with E-state index in [1.165, 1.54) is 0 Å². The third-order valence-corrected chi connectivity index (χ3v) is 2.78. The molecule has 8 heteroatoms. The molecule has 1 saturated heterocycles. The molecule has 0 aromatic carbocycles. The van der Waals surface area contributed by atoms with Crippen LogP contribution in [0.15, 0.2) is 0 Å². The van der Waals surface area contributed by atoms with Crippen molar-refractivity contribution in [2.24, 2.45) is 5.92 Å². The van der Waals surface area contributed by atoms with Crippen molar-refractivity contribution < 1.29 is 33.4 Å². The summed E-state index contributed by atoms with van der Waals surface area (Å²) in [5, 5.41) is 0. The standard InChI is InChI=1S/C15H25NO7/c1-14(2,3)22-13(19)16-23-15(4,5)9-21-12(18)7-10-6-11(17)20-8-10/h10H,6-9H2,1-5H3,(H,16,19)/t10-/m1/s1. The molecule has 1 heterocycles. The van der Waals surface area contributed by atoms with Gasteiger partial charge in [-0.05, 0) is 34.6 Å². The molecule has 0 aromatic rings. The summed E-state index contributed by atoms with van der Waals surface area (Å²) in [7, 11) is 0. The molecule has 0 bridgehead atoms. The van der Waals surface area contributed by atoms with Crippen molar-refractivity contribution in [2.45, 2.75) is 58.7 Å². The van der Waals surface area contributed by atoms with Crippen molar-refractivity contribution in [3.8, 4) is 0 Å². The molecule has 0 radical (unpaired) electrons. The number of rotatable bonds is 6. The molecule has 1 rings (SSSR count). The van der Waals surface area contributed by atoms with Crippen LogP contribution in [0.5, 0.6) is 0 Å². The Hall–Kier alpha value is -1.83. The van der Waals surface area contributed by atoms with Crippen LogP contribution in [0, 0.1) is 5.92 Å². The summed E-state index contributed by atoms with van der Waals surface area (Å²) >= 11 is 0. The van der Waals surface area contributed by atoms with Gasteiger partial charge in [0.05, 0.1) is 19.4 Å². The van der Waals surface area contributed by atoms with Gasteiger partial charge in [-0.25, -0.2) is 4.79 Å². The molecule has 0 aromatic heterocycles. The summed E-state index contributed by atoms with van der Waals surface area (Å²) in [6, 6.07) is 0. The van der Waals surface area contributed by atoms with E-state index in [4.69, 9.17) is 19.0 Å². The maximum Gasteiger partial charge on any atom is 0.431 e. The first-order valence-corrected chi connectivity index (χ1v) is 7.45. The molecule has 1 aliphatic rings. The third kappa shape index (κ3) is 8.39. The first-order valence-electron chi connectivity index (χ1n) is 7.45. The predicted molar refractivity (Wildman–Crippen MR) is 79.2 cm³/mol. The lowest BCUT2D eigenvalue weighted by Gasteiger charge is -2.26. The summed E-state index contributed by atoms with van der Waals surface area (Å²) in [6.07, 6.45) is -0.380. The van der Waals surface area contributed by atoms with Gasteiger partial charge in [0, 0.05) is 5.92 Å².